The second-order valence-electron chi connectivity index (χ2n) is 7.44. The maximum absolute atomic E-state index is 10.4. The molecule has 0 aliphatic carbocycles. The van der Waals surface area contributed by atoms with Crippen molar-refractivity contribution in [1.82, 2.24) is 0 Å². The Balaban J connectivity index is 3.34. The van der Waals surface area contributed by atoms with Crippen molar-refractivity contribution in [1.29, 1.82) is 0 Å². The molecule has 0 spiro atoms. The molecular formula is C25H42O3. The molecule has 3 nitrogen and oxygen atoms in total. The van der Waals surface area contributed by atoms with Crippen LogP contribution in [0.3, 0.4) is 0 Å². The maximum Gasteiger partial charge on any atom is 0.370 e. The van der Waals surface area contributed by atoms with E-state index in [4.69, 9.17) is 10.2 Å². The van der Waals surface area contributed by atoms with Gasteiger partial charge in [-0.3, -0.25) is 0 Å². The number of aliphatic hydroxyl groups is 1. The highest BCUT2D eigenvalue weighted by Gasteiger charge is 1.99. The number of rotatable bonds is 19. The normalized spacial score (nSPS) is 12.7. The van der Waals surface area contributed by atoms with Gasteiger partial charge in [-0.05, 0) is 18.9 Å². The van der Waals surface area contributed by atoms with Crippen molar-refractivity contribution in [3.8, 4) is 0 Å². The first kappa shape index (κ1) is 26.2. The molecule has 0 rings (SSSR count). The van der Waals surface area contributed by atoms with E-state index >= 15 is 0 Å². The molecule has 0 bridgehead atoms. The molecule has 0 aromatic rings. The number of carboxylic acids is 1. The lowest BCUT2D eigenvalue weighted by atomic mass is 10.0. The summed E-state index contributed by atoms with van der Waals surface area (Å²) in [5.41, 5.74) is 0. The van der Waals surface area contributed by atoms with Crippen LogP contribution in [0.1, 0.15) is 103 Å². The van der Waals surface area contributed by atoms with Gasteiger partial charge in [0.15, 0.2) is 0 Å². The Labute approximate surface area is 172 Å². The highest BCUT2D eigenvalue weighted by atomic mass is 16.4. The Morgan fingerprint density at radius 2 is 1.04 bits per heavy atom. The molecule has 2 N–H and O–H groups in total. The van der Waals surface area contributed by atoms with E-state index in [0.717, 1.165) is 12.5 Å². The van der Waals surface area contributed by atoms with Gasteiger partial charge < -0.3 is 10.2 Å². The van der Waals surface area contributed by atoms with Gasteiger partial charge in [0, 0.05) is 0 Å². The summed E-state index contributed by atoms with van der Waals surface area (Å²) in [5.74, 6) is -1.97. The average Bonchev–Trinajstić information content (AvgIpc) is 2.68. The van der Waals surface area contributed by atoms with Crippen LogP contribution in [-0.4, -0.2) is 16.2 Å². The van der Waals surface area contributed by atoms with Crippen molar-refractivity contribution in [3.63, 3.8) is 0 Å². The molecule has 0 saturated heterocycles. The van der Waals surface area contributed by atoms with E-state index in [-0.39, 0.29) is 0 Å². The fourth-order valence-corrected chi connectivity index (χ4v) is 3.04. The van der Waals surface area contributed by atoms with Crippen molar-refractivity contribution in [2.75, 3.05) is 0 Å². The van der Waals surface area contributed by atoms with Gasteiger partial charge >= 0.3 is 5.97 Å². The first-order chi connectivity index (χ1) is 13.7. The second-order valence-corrected chi connectivity index (χ2v) is 7.44. The van der Waals surface area contributed by atoms with E-state index < -0.39 is 11.7 Å². The Morgan fingerprint density at radius 3 is 1.54 bits per heavy atom. The minimum atomic E-state index is -1.32. The monoisotopic (exact) mass is 390 g/mol. The largest absolute Gasteiger partial charge is 0.502 e. The number of unbranched alkanes of at least 4 members (excludes halogenated alkanes) is 14. The molecule has 0 aromatic carbocycles. The summed E-state index contributed by atoms with van der Waals surface area (Å²) in [7, 11) is 0. The fraction of sp³-hybridized carbons (Fsp3) is 0.640. The van der Waals surface area contributed by atoms with Crippen LogP contribution in [0.4, 0.5) is 0 Å². The lowest BCUT2D eigenvalue weighted by molar-refractivity contribution is -0.135. The molecule has 160 valence electrons. The maximum atomic E-state index is 10.4. The zero-order valence-corrected chi connectivity index (χ0v) is 18.0. The van der Waals surface area contributed by atoms with E-state index in [1.807, 2.05) is 18.2 Å². The van der Waals surface area contributed by atoms with E-state index in [9.17, 15) is 4.79 Å². The first-order valence-electron chi connectivity index (χ1n) is 11.3. The van der Waals surface area contributed by atoms with E-state index in [0.29, 0.717) is 0 Å². The molecule has 28 heavy (non-hydrogen) atoms. The van der Waals surface area contributed by atoms with E-state index in [2.05, 4.69) is 13.0 Å². The number of hydrogen-bond acceptors (Lipinski definition) is 2. The van der Waals surface area contributed by atoms with E-state index in [1.54, 1.807) is 6.08 Å². The zero-order chi connectivity index (χ0) is 20.7. The van der Waals surface area contributed by atoms with Gasteiger partial charge in [0.25, 0.3) is 0 Å². The van der Waals surface area contributed by atoms with Gasteiger partial charge in [0.2, 0.25) is 5.76 Å². The van der Waals surface area contributed by atoms with Crippen LogP contribution >= 0.6 is 0 Å². The molecule has 0 atom stereocenters. The van der Waals surface area contributed by atoms with Gasteiger partial charge in [0.1, 0.15) is 0 Å². The number of aliphatic carboxylic acids is 1. The van der Waals surface area contributed by atoms with Gasteiger partial charge in [-0.25, -0.2) is 4.79 Å². The summed E-state index contributed by atoms with van der Waals surface area (Å²) in [6.45, 7) is 2.27. The molecule has 0 radical (unpaired) electrons. The third-order valence-corrected chi connectivity index (χ3v) is 4.78. The highest BCUT2D eigenvalue weighted by molar-refractivity contribution is 5.83. The standard InChI is InChI=1S/C25H42O3/c1-2-3-4-5-6-7-8-9-10-11-12-13-14-15-16-17-18-19-20-21-22-23-24(26)25(27)28/h17-23,26H,2-16H2,1H3,(H,27,28). The van der Waals surface area contributed by atoms with Crippen LogP contribution in [-0.2, 0) is 4.79 Å². The third-order valence-electron chi connectivity index (χ3n) is 4.78. The number of carbonyl (C=O) groups is 1. The molecule has 0 aromatic heterocycles. The lowest BCUT2D eigenvalue weighted by Crippen LogP contribution is -1.97. The van der Waals surface area contributed by atoms with Crippen LogP contribution < -0.4 is 0 Å². The molecular weight excluding hydrogens is 348 g/mol. The molecule has 0 aliphatic rings. The molecule has 0 heterocycles. The van der Waals surface area contributed by atoms with Gasteiger partial charge in [0.05, 0.1) is 0 Å². The van der Waals surface area contributed by atoms with Gasteiger partial charge in [-0.15, -0.1) is 0 Å². The Bertz CT molecular complexity index is 472. The summed E-state index contributed by atoms with van der Waals surface area (Å²) in [6.07, 6.45) is 32.8. The summed E-state index contributed by atoms with van der Waals surface area (Å²) >= 11 is 0. The van der Waals surface area contributed by atoms with Crippen LogP contribution in [0.5, 0.6) is 0 Å². The Kier molecular flexibility index (Phi) is 20.2. The number of hydrogen-bond donors (Lipinski definition) is 2. The average molecular weight is 391 g/mol. The number of carboxylic acid groups (broad SMARTS) is 1. The van der Waals surface area contributed by atoms with Crippen LogP contribution in [0.15, 0.2) is 48.3 Å². The fourth-order valence-electron chi connectivity index (χ4n) is 3.04. The molecule has 0 saturated carbocycles. The highest BCUT2D eigenvalue weighted by Crippen LogP contribution is 2.13. The van der Waals surface area contributed by atoms with Crippen molar-refractivity contribution >= 4 is 5.97 Å². The van der Waals surface area contributed by atoms with Crippen molar-refractivity contribution in [3.05, 3.63) is 48.3 Å². The molecule has 0 aliphatic heterocycles. The Hall–Kier alpha value is -1.77. The molecule has 0 amide bonds. The topological polar surface area (TPSA) is 57.5 Å². The number of aliphatic hydroxyl groups excluding tert-OH is 1. The predicted octanol–water partition coefficient (Wildman–Crippen LogP) is 8.05. The minimum Gasteiger partial charge on any atom is -0.502 e. The SMILES string of the molecule is CCCCCCCCCCCCCCCCC=CC=CC=CC=C(O)C(=O)O. The summed E-state index contributed by atoms with van der Waals surface area (Å²) in [6, 6.07) is 0. The predicted molar refractivity (Wildman–Crippen MR) is 121 cm³/mol. The summed E-state index contributed by atoms with van der Waals surface area (Å²) < 4.78 is 0. The molecule has 0 unspecified atom stereocenters. The third kappa shape index (κ3) is 20.5. The smallest absolute Gasteiger partial charge is 0.370 e. The summed E-state index contributed by atoms with van der Waals surface area (Å²) in [5, 5.41) is 17.4. The first-order valence-corrected chi connectivity index (χ1v) is 11.3. The van der Waals surface area contributed by atoms with Crippen molar-refractivity contribution in [2.24, 2.45) is 0 Å². The number of allylic oxidation sites excluding steroid dienone is 7. The van der Waals surface area contributed by atoms with Crippen LogP contribution in [0.25, 0.3) is 0 Å². The van der Waals surface area contributed by atoms with Crippen LogP contribution in [0, 0.1) is 0 Å². The Morgan fingerprint density at radius 1 is 0.607 bits per heavy atom. The second kappa shape index (κ2) is 21.5. The molecule has 0 fully saturated rings. The van der Waals surface area contributed by atoms with Crippen molar-refractivity contribution in [2.45, 2.75) is 103 Å². The zero-order valence-electron chi connectivity index (χ0n) is 18.0. The summed E-state index contributed by atoms with van der Waals surface area (Å²) in [4.78, 5) is 10.4. The van der Waals surface area contributed by atoms with Crippen molar-refractivity contribution < 1.29 is 15.0 Å². The van der Waals surface area contributed by atoms with Gasteiger partial charge in [-0.2, -0.15) is 0 Å². The molecule has 3 heteroatoms. The lowest BCUT2D eigenvalue weighted by Gasteiger charge is -2.02. The van der Waals surface area contributed by atoms with Crippen LogP contribution in [0.2, 0.25) is 0 Å². The van der Waals surface area contributed by atoms with Gasteiger partial charge in [-0.1, -0.05) is 127 Å². The quantitative estimate of drug-likeness (QED) is 0.101. The minimum absolute atomic E-state index is 0.655. The van der Waals surface area contributed by atoms with E-state index in [1.165, 1.54) is 96.0 Å².